The molecule has 0 aromatic heterocycles. The number of fused-ring (bicyclic) bond motifs is 2. The van der Waals surface area contributed by atoms with Crippen molar-refractivity contribution in [2.24, 2.45) is 0 Å². The van der Waals surface area contributed by atoms with Gasteiger partial charge >= 0.3 is 0 Å². The molecule has 22 heavy (non-hydrogen) atoms. The second-order valence-corrected chi connectivity index (χ2v) is 6.93. The molecule has 0 radical (unpaired) electrons. The number of hydrogen-bond acceptors (Lipinski definition) is 2. The third kappa shape index (κ3) is 2.42. The zero-order valence-electron chi connectivity index (χ0n) is 13.5. The highest BCUT2D eigenvalue weighted by Crippen LogP contribution is 2.34. The molecule has 0 saturated carbocycles. The zero-order chi connectivity index (χ0) is 15.1. The summed E-state index contributed by atoms with van der Waals surface area (Å²) in [5, 5.41) is 0. The molecule has 114 valence electrons. The van der Waals surface area contributed by atoms with Crippen LogP contribution >= 0.6 is 0 Å². The quantitative estimate of drug-likeness (QED) is 0.794. The van der Waals surface area contributed by atoms with Crippen molar-refractivity contribution in [1.29, 1.82) is 0 Å². The minimum atomic E-state index is 0.616. The van der Waals surface area contributed by atoms with Crippen LogP contribution in [0.25, 0.3) is 0 Å². The van der Waals surface area contributed by atoms with Gasteiger partial charge in [-0.25, -0.2) is 0 Å². The van der Waals surface area contributed by atoms with Crippen molar-refractivity contribution in [3.8, 4) is 0 Å². The van der Waals surface area contributed by atoms with E-state index < -0.39 is 0 Å². The predicted octanol–water partition coefficient (Wildman–Crippen LogP) is 3.45. The Hall–Kier alpha value is -1.80. The first-order chi connectivity index (χ1) is 10.7. The molecule has 2 heterocycles. The van der Waals surface area contributed by atoms with E-state index in [4.69, 9.17) is 0 Å². The number of benzene rings is 2. The smallest absolute Gasteiger partial charge is 0.0396 e. The molecule has 2 heteroatoms. The summed E-state index contributed by atoms with van der Waals surface area (Å²) in [5.74, 6) is 0.616. The van der Waals surface area contributed by atoms with Crippen molar-refractivity contribution >= 4 is 5.69 Å². The number of likely N-dealkylation sites (N-methyl/N-ethyl adjacent to an activating group) is 2. The molecular weight excluding hydrogens is 268 g/mol. The fourth-order valence-electron chi connectivity index (χ4n) is 4.01. The second kappa shape index (κ2) is 5.44. The highest BCUT2D eigenvalue weighted by Gasteiger charge is 2.24. The topological polar surface area (TPSA) is 6.48 Å². The van der Waals surface area contributed by atoms with Crippen molar-refractivity contribution in [3.05, 3.63) is 64.7 Å². The van der Waals surface area contributed by atoms with Gasteiger partial charge in [-0.1, -0.05) is 36.4 Å². The van der Waals surface area contributed by atoms with Gasteiger partial charge in [0.1, 0.15) is 0 Å². The summed E-state index contributed by atoms with van der Waals surface area (Å²) in [5.41, 5.74) is 7.49. The molecule has 2 aliphatic rings. The fourth-order valence-corrected chi connectivity index (χ4v) is 4.01. The second-order valence-electron chi connectivity index (χ2n) is 6.93. The largest absolute Gasteiger partial charge is 0.374 e. The number of hydrogen-bond donors (Lipinski definition) is 0. The van der Waals surface area contributed by atoms with Gasteiger partial charge in [0, 0.05) is 38.3 Å². The van der Waals surface area contributed by atoms with Gasteiger partial charge in [-0.2, -0.15) is 0 Å². The highest BCUT2D eigenvalue weighted by atomic mass is 15.1. The van der Waals surface area contributed by atoms with E-state index in [1.54, 1.807) is 5.56 Å². The Bertz CT molecular complexity index is 692. The minimum absolute atomic E-state index is 0.616. The van der Waals surface area contributed by atoms with Crippen molar-refractivity contribution in [3.63, 3.8) is 0 Å². The predicted molar refractivity (Wildman–Crippen MR) is 92.6 cm³/mol. The maximum Gasteiger partial charge on any atom is 0.0396 e. The van der Waals surface area contributed by atoms with E-state index in [9.17, 15) is 0 Å². The molecule has 0 saturated heterocycles. The Morgan fingerprint density at radius 2 is 1.82 bits per heavy atom. The highest BCUT2D eigenvalue weighted by molar-refractivity contribution is 5.56. The van der Waals surface area contributed by atoms with E-state index in [1.165, 1.54) is 41.8 Å². The molecule has 2 aromatic rings. The molecule has 2 nitrogen and oxygen atoms in total. The summed E-state index contributed by atoms with van der Waals surface area (Å²) < 4.78 is 0. The average molecular weight is 292 g/mol. The summed E-state index contributed by atoms with van der Waals surface area (Å²) in [7, 11) is 4.43. The molecular formula is C20H24N2. The molecule has 2 aliphatic heterocycles. The van der Waals surface area contributed by atoms with Crippen LogP contribution in [-0.2, 0) is 19.4 Å². The van der Waals surface area contributed by atoms with Crippen LogP contribution in [-0.4, -0.2) is 32.1 Å². The van der Waals surface area contributed by atoms with Crippen LogP contribution in [0.4, 0.5) is 5.69 Å². The molecule has 0 bridgehead atoms. The Balaban J connectivity index is 1.64. The first-order valence-electron chi connectivity index (χ1n) is 8.30. The Morgan fingerprint density at radius 1 is 0.955 bits per heavy atom. The van der Waals surface area contributed by atoms with Crippen LogP contribution in [0.5, 0.6) is 0 Å². The molecule has 0 N–H and O–H groups in total. The number of para-hydroxylation sites is 1. The monoisotopic (exact) mass is 292 g/mol. The summed E-state index contributed by atoms with van der Waals surface area (Å²) >= 11 is 0. The van der Waals surface area contributed by atoms with Crippen LogP contribution < -0.4 is 4.90 Å². The molecule has 0 aliphatic carbocycles. The van der Waals surface area contributed by atoms with Gasteiger partial charge < -0.3 is 9.80 Å². The lowest BCUT2D eigenvalue weighted by Crippen LogP contribution is -2.31. The van der Waals surface area contributed by atoms with Gasteiger partial charge in [0.15, 0.2) is 0 Å². The van der Waals surface area contributed by atoms with Gasteiger partial charge in [0.2, 0.25) is 0 Å². The Morgan fingerprint density at radius 3 is 2.73 bits per heavy atom. The maximum atomic E-state index is 2.48. The van der Waals surface area contributed by atoms with E-state index in [0.717, 1.165) is 13.1 Å². The lowest BCUT2D eigenvalue weighted by Gasteiger charge is -2.34. The van der Waals surface area contributed by atoms with Crippen LogP contribution in [0.1, 0.15) is 28.2 Å². The molecule has 0 spiro atoms. The number of anilines is 1. The van der Waals surface area contributed by atoms with Gasteiger partial charge in [-0.15, -0.1) is 0 Å². The van der Waals surface area contributed by atoms with Crippen LogP contribution in [0.15, 0.2) is 42.5 Å². The summed E-state index contributed by atoms with van der Waals surface area (Å²) in [6, 6.07) is 16.0. The van der Waals surface area contributed by atoms with E-state index in [-0.39, 0.29) is 0 Å². The van der Waals surface area contributed by atoms with Crippen LogP contribution in [0.3, 0.4) is 0 Å². The van der Waals surface area contributed by atoms with E-state index in [1.807, 2.05) is 0 Å². The number of rotatable bonds is 1. The van der Waals surface area contributed by atoms with Crippen molar-refractivity contribution in [2.75, 3.05) is 32.1 Å². The van der Waals surface area contributed by atoms with Crippen molar-refractivity contribution in [2.45, 2.75) is 25.3 Å². The summed E-state index contributed by atoms with van der Waals surface area (Å²) in [6.07, 6.45) is 2.36. The first-order valence-corrected chi connectivity index (χ1v) is 8.30. The van der Waals surface area contributed by atoms with Crippen molar-refractivity contribution < 1.29 is 0 Å². The van der Waals surface area contributed by atoms with Crippen LogP contribution in [0.2, 0.25) is 0 Å². The lowest BCUT2D eigenvalue weighted by atomic mass is 9.85. The van der Waals surface area contributed by atoms with E-state index in [2.05, 4.69) is 66.4 Å². The fraction of sp³-hybridized carbons (Fsp3) is 0.400. The normalized spacial score (nSPS) is 21.4. The molecule has 1 atom stereocenters. The van der Waals surface area contributed by atoms with E-state index in [0.29, 0.717) is 5.92 Å². The van der Waals surface area contributed by atoms with Gasteiger partial charge in [0.05, 0.1) is 0 Å². The molecule has 2 aromatic carbocycles. The third-order valence-corrected chi connectivity index (χ3v) is 5.27. The van der Waals surface area contributed by atoms with Crippen LogP contribution in [0, 0.1) is 0 Å². The molecule has 0 amide bonds. The summed E-state index contributed by atoms with van der Waals surface area (Å²) in [4.78, 5) is 4.82. The minimum Gasteiger partial charge on any atom is -0.374 e. The number of nitrogens with zero attached hydrogens (tertiary/aromatic N) is 2. The molecule has 0 fully saturated rings. The standard InChI is InChI=1S/C20H24N2/c1-21-10-9-16-11-15(7-8-18(16)13-21)19-12-17-5-3-4-6-20(17)22(2)14-19/h3-8,11,19H,9-10,12-14H2,1-2H3. The average Bonchev–Trinajstić information content (AvgIpc) is 2.54. The third-order valence-electron chi connectivity index (χ3n) is 5.27. The Labute approximate surface area is 133 Å². The van der Waals surface area contributed by atoms with Gasteiger partial charge in [-0.05, 0) is 48.2 Å². The van der Waals surface area contributed by atoms with Gasteiger partial charge in [0.25, 0.3) is 0 Å². The van der Waals surface area contributed by atoms with Crippen molar-refractivity contribution in [1.82, 2.24) is 4.90 Å². The first kappa shape index (κ1) is 13.8. The van der Waals surface area contributed by atoms with Gasteiger partial charge in [-0.3, -0.25) is 0 Å². The lowest BCUT2D eigenvalue weighted by molar-refractivity contribution is 0.313. The maximum absolute atomic E-state index is 2.48. The SMILES string of the molecule is CN1CCc2cc(C3Cc4ccccc4N(C)C3)ccc2C1. The Kier molecular flexibility index (Phi) is 3.42. The zero-order valence-corrected chi connectivity index (χ0v) is 13.5. The molecule has 4 rings (SSSR count). The van der Waals surface area contributed by atoms with E-state index >= 15 is 0 Å². The molecule has 1 unspecified atom stereocenters. The summed E-state index contributed by atoms with van der Waals surface area (Å²) in [6.45, 7) is 3.41.